The number of fused-ring (bicyclic) bond motifs is 4. The molecule has 4 heteroatoms. The molecule has 0 saturated carbocycles. The summed E-state index contributed by atoms with van der Waals surface area (Å²) >= 11 is 0. The highest BCUT2D eigenvalue weighted by molar-refractivity contribution is 6.15. The first-order chi connectivity index (χ1) is 26.2. The summed E-state index contributed by atoms with van der Waals surface area (Å²) in [4.78, 5) is 15.0. The zero-order valence-electron chi connectivity index (χ0n) is 28.6. The molecule has 0 radical (unpaired) electrons. The van der Waals surface area contributed by atoms with Crippen LogP contribution in [0.5, 0.6) is 0 Å². The summed E-state index contributed by atoms with van der Waals surface area (Å²) in [6, 6.07) is 65.2. The monoisotopic (exact) mass is 677 g/mol. The predicted octanol–water partition coefficient (Wildman–Crippen LogP) is 12.9. The minimum Gasteiger partial charge on any atom is -0.456 e. The Hall–Kier alpha value is -7.17. The number of rotatable bonds is 6. The molecule has 0 bridgehead atoms. The van der Waals surface area contributed by atoms with Gasteiger partial charge in [-0.25, -0.2) is 15.0 Å². The summed E-state index contributed by atoms with van der Waals surface area (Å²) in [6.45, 7) is 0. The van der Waals surface area contributed by atoms with E-state index in [1.165, 1.54) is 21.9 Å². The third kappa shape index (κ3) is 5.73. The Bertz CT molecular complexity index is 2900. The third-order valence-electron chi connectivity index (χ3n) is 9.95. The van der Waals surface area contributed by atoms with Gasteiger partial charge in [0.15, 0.2) is 17.5 Å². The molecule has 0 spiro atoms. The van der Waals surface area contributed by atoms with Crippen molar-refractivity contribution >= 4 is 32.7 Å². The van der Waals surface area contributed by atoms with Gasteiger partial charge in [-0.15, -0.1) is 0 Å². The van der Waals surface area contributed by atoms with Crippen molar-refractivity contribution in [2.24, 2.45) is 0 Å². The summed E-state index contributed by atoms with van der Waals surface area (Å²) in [5.74, 6) is 1.89. The fraction of sp³-hybridized carbons (Fsp3) is 0. The highest BCUT2D eigenvalue weighted by Crippen LogP contribution is 2.39. The number of nitrogens with zero attached hydrogens (tertiary/aromatic N) is 3. The number of hydrogen-bond donors (Lipinski definition) is 0. The quantitative estimate of drug-likeness (QED) is 0.176. The smallest absolute Gasteiger partial charge is 0.164 e. The van der Waals surface area contributed by atoms with Crippen LogP contribution in [-0.4, -0.2) is 15.0 Å². The summed E-state index contributed by atoms with van der Waals surface area (Å²) in [7, 11) is 0. The topological polar surface area (TPSA) is 51.8 Å². The maximum Gasteiger partial charge on any atom is 0.164 e. The molecule has 0 aliphatic carbocycles. The molecule has 2 heterocycles. The lowest BCUT2D eigenvalue weighted by atomic mass is 9.97. The summed E-state index contributed by atoms with van der Waals surface area (Å²) in [5.41, 5.74) is 11.5. The lowest BCUT2D eigenvalue weighted by Crippen LogP contribution is -2.00. The third-order valence-corrected chi connectivity index (χ3v) is 9.95. The number of aromatic nitrogens is 3. The van der Waals surface area contributed by atoms with Crippen LogP contribution in [-0.2, 0) is 0 Å². The van der Waals surface area contributed by atoms with Crippen molar-refractivity contribution in [3.05, 3.63) is 188 Å². The lowest BCUT2D eigenvalue weighted by molar-refractivity contribution is 0.669. The second-order valence-corrected chi connectivity index (χ2v) is 13.2. The average Bonchev–Trinajstić information content (AvgIpc) is 3.61. The van der Waals surface area contributed by atoms with Crippen molar-refractivity contribution in [3.8, 4) is 67.5 Å². The molecule has 0 unspecified atom stereocenters. The number of furan rings is 1. The molecular formula is C49H31N3O. The average molecular weight is 678 g/mol. The van der Waals surface area contributed by atoms with Gasteiger partial charge in [-0.2, -0.15) is 0 Å². The van der Waals surface area contributed by atoms with Crippen molar-refractivity contribution in [3.63, 3.8) is 0 Å². The van der Waals surface area contributed by atoms with Crippen LogP contribution in [0.15, 0.2) is 192 Å². The van der Waals surface area contributed by atoms with Crippen LogP contribution in [0.4, 0.5) is 0 Å². The van der Waals surface area contributed by atoms with E-state index < -0.39 is 0 Å². The molecule has 0 amide bonds. The van der Waals surface area contributed by atoms with Gasteiger partial charge in [0.1, 0.15) is 11.2 Å². The zero-order chi connectivity index (χ0) is 35.1. The van der Waals surface area contributed by atoms with Gasteiger partial charge in [0, 0.05) is 27.5 Å². The summed E-state index contributed by atoms with van der Waals surface area (Å²) in [6.07, 6.45) is 0. The van der Waals surface area contributed by atoms with Crippen molar-refractivity contribution in [1.82, 2.24) is 15.0 Å². The normalized spacial score (nSPS) is 11.4. The van der Waals surface area contributed by atoms with Crippen molar-refractivity contribution in [2.75, 3.05) is 0 Å². The molecule has 2 aromatic heterocycles. The maximum atomic E-state index is 6.35. The Morgan fingerprint density at radius 1 is 0.302 bits per heavy atom. The Labute approximate surface area is 306 Å². The molecular weight excluding hydrogens is 647 g/mol. The second-order valence-electron chi connectivity index (χ2n) is 13.2. The van der Waals surface area contributed by atoms with E-state index >= 15 is 0 Å². The number of benzene rings is 8. The van der Waals surface area contributed by atoms with E-state index in [-0.39, 0.29) is 0 Å². The Morgan fingerprint density at radius 2 is 0.717 bits per heavy atom. The van der Waals surface area contributed by atoms with Crippen molar-refractivity contribution in [2.45, 2.75) is 0 Å². The van der Waals surface area contributed by atoms with Gasteiger partial charge in [-0.3, -0.25) is 0 Å². The van der Waals surface area contributed by atoms with Gasteiger partial charge in [-0.05, 0) is 62.4 Å². The molecule has 10 aromatic rings. The molecule has 10 rings (SSSR count). The standard InChI is InChI=1S/C49H31N3O/c1-3-10-32(11-4-1)33-18-20-34(21-19-33)35-22-26-38(27-23-35)48-50-47(37-12-5-2-6-13-37)51-49(52-48)39-28-24-36(25-29-39)42-16-9-17-44-46(42)43-30-40-14-7-8-15-41(40)31-45(43)53-44/h1-31H. The first-order valence-electron chi connectivity index (χ1n) is 17.8. The lowest BCUT2D eigenvalue weighted by Gasteiger charge is -2.10. The van der Waals surface area contributed by atoms with E-state index in [0.717, 1.165) is 60.9 Å². The number of hydrogen-bond acceptors (Lipinski definition) is 4. The maximum absolute atomic E-state index is 6.35. The van der Waals surface area contributed by atoms with Gasteiger partial charge in [0.05, 0.1) is 0 Å². The summed E-state index contributed by atoms with van der Waals surface area (Å²) in [5, 5.41) is 4.59. The Kier molecular flexibility index (Phi) is 7.43. The molecule has 0 saturated heterocycles. The van der Waals surface area contributed by atoms with E-state index in [1.807, 2.05) is 42.5 Å². The fourth-order valence-electron chi connectivity index (χ4n) is 7.20. The largest absolute Gasteiger partial charge is 0.456 e. The van der Waals surface area contributed by atoms with Crippen LogP contribution in [0, 0.1) is 0 Å². The highest BCUT2D eigenvalue weighted by Gasteiger charge is 2.16. The van der Waals surface area contributed by atoms with Gasteiger partial charge >= 0.3 is 0 Å². The molecule has 8 aromatic carbocycles. The second kappa shape index (κ2) is 12.9. The van der Waals surface area contributed by atoms with Crippen LogP contribution in [0.1, 0.15) is 0 Å². The Morgan fingerprint density at radius 3 is 1.26 bits per heavy atom. The van der Waals surface area contributed by atoms with E-state index in [9.17, 15) is 0 Å². The van der Waals surface area contributed by atoms with Crippen molar-refractivity contribution < 1.29 is 4.42 Å². The zero-order valence-corrected chi connectivity index (χ0v) is 28.6. The summed E-state index contributed by atoms with van der Waals surface area (Å²) < 4.78 is 6.35. The molecule has 0 atom stereocenters. The molecule has 4 nitrogen and oxygen atoms in total. The molecule has 248 valence electrons. The fourth-order valence-corrected chi connectivity index (χ4v) is 7.20. The van der Waals surface area contributed by atoms with Crippen LogP contribution >= 0.6 is 0 Å². The van der Waals surface area contributed by atoms with Crippen molar-refractivity contribution in [1.29, 1.82) is 0 Å². The first-order valence-corrected chi connectivity index (χ1v) is 17.8. The minimum atomic E-state index is 0.624. The molecule has 0 N–H and O–H groups in total. The van der Waals surface area contributed by atoms with E-state index in [4.69, 9.17) is 19.4 Å². The molecule has 0 aliphatic heterocycles. The van der Waals surface area contributed by atoms with Crippen LogP contribution in [0.3, 0.4) is 0 Å². The van der Waals surface area contributed by atoms with E-state index in [2.05, 4.69) is 146 Å². The van der Waals surface area contributed by atoms with E-state index in [0.29, 0.717) is 17.5 Å². The first kappa shape index (κ1) is 30.6. The SMILES string of the molecule is c1ccc(-c2ccc(-c3ccc(-c4nc(-c5ccccc5)nc(-c5ccc(-c6cccc7oc8cc9ccccc9cc8c67)cc5)n4)cc3)cc2)cc1. The van der Waals surface area contributed by atoms with Crippen LogP contribution in [0.2, 0.25) is 0 Å². The van der Waals surface area contributed by atoms with Gasteiger partial charge in [-0.1, -0.05) is 170 Å². The van der Waals surface area contributed by atoms with Gasteiger partial charge in [0.2, 0.25) is 0 Å². The minimum absolute atomic E-state index is 0.624. The van der Waals surface area contributed by atoms with Gasteiger partial charge in [0.25, 0.3) is 0 Å². The van der Waals surface area contributed by atoms with Crippen LogP contribution < -0.4 is 0 Å². The highest BCUT2D eigenvalue weighted by atomic mass is 16.3. The van der Waals surface area contributed by atoms with E-state index in [1.54, 1.807) is 0 Å². The molecule has 0 fully saturated rings. The molecule has 0 aliphatic rings. The molecule has 53 heavy (non-hydrogen) atoms. The van der Waals surface area contributed by atoms with Crippen LogP contribution in [0.25, 0.3) is 100 Å². The Balaban J connectivity index is 1.01. The predicted molar refractivity (Wildman–Crippen MR) is 217 cm³/mol. The van der Waals surface area contributed by atoms with Gasteiger partial charge < -0.3 is 4.42 Å².